The molecule has 0 aromatic rings. The minimum atomic E-state index is -0.249. The van der Waals surface area contributed by atoms with Gasteiger partial charge in [-0.25, -0.2) is 0 Å². The Morgan fingerprint density at radius 1 is 0.500 bits per heavy atom. The number of hydrogen-bond donors (Lipinski definition) is 0. The molecule has 30 heavy (non-hydrogen) atoms. The van der Waals surface area contributed by atoms with Crippen molar-refractivity contribution in [3.8, 4) is 0 Å². The Hall–Kier alpha value is -1.18. The average Bonchev–Trinajstić information content (AvgIpc) is 2.73. The fourth-order valence-electron chi connectivity index (χ4n) is 2.80. The molecule has 7 nitrogen and oxygen atoms in total. The van der Waals surface area contributed by atoms with Crippen molar-refractivity contribution in [3.63, 3.8) is 0 Å². The molecule has 0 saturated heterocycles. The third-order valence-electron chi connectivity index (χ3n) is 4.48. The molecule has 0 heterocycles. The van der Waals surface area contributed by atoms with Gasteiger partial charge in [-0.1, -0.05) is 58.3 Å². The van der Waals surface area contributed by atoms with Crippen molar-refractivity contribution in [2.45, 2.75) is 84.5 Å². The van der Waals surface area contributed by atoms with Crippen LogP contribution in [-0.2, 0) is 33.3 Å². The zero-order valence-electron chi connectivity index (χ0n) is 19.3. The van der Waals surface area contributed by atoms with Crippen molar-refractivity contribution >= 4 is 11.9 Å². The van der Waals surface area contributed by atoms with E-state index in [1.165, 1.54) is 44.9 Å². The van der Waals surface area contributed by atoms with Crippen LogP contribution in [0.2, 0.25) is 0 Å². The average molecular weight is 433 g/mol. The molecule has 0 saturated carbocycles. The quantitative estimate of drug-likeness (QED) is 0.174. The van der Waals surface area contributed by atoms with Gasteiger partial charge in [-0.2, -0.15) is 0 Å². The Morgan fingerprint density at radius 3 is 1.53 bits per heavy atom. The molecular weight excluding hydrogens is 388 g/mol. The number of carbonyl (C=O) groups is 2. The van der Waals surface area contributed by atoms with Crippen LogP contribution in [0.25, 0.3) is 0 Å². The van der Waals surface area contributed by atoms with Crippen LogP contribution in [0.3, 0.4) is 0 Å². The summed E-state index contributed by atoms with van der Waals surface area (Å²) >= 11 is 0. The molecule has 178 valence electrons. The summed E-state index contributed by atoms with van der Waals surface area (Å²) in [5.74, 6) is -0.390. The number of ether oxygens (including phenoxy) is 5. The van der Waals surface area contributed by atoms with Crippen LogP contribution in [0.4, 0.5) is 0 Å². The Balaban J connectivity index is 3.18. The van der Waals surface area contributed by atoms with E-state index in [9.17, 15) is 9.59 Å². The zero-order valence-corrected chi connectivity index (χ0v) is 19.3. The van der Waals surface area contributed by atoms with Crippen LogP contribution in [0.1, 0.15) is 84.5 Å². The van der Waals surface area contributed by atoms with E-state index >= 15 is 0 Å². The molecule has 0 aromatic heterocycles. The van der Waals surface area contributed by atoms with Gasteiger partial charge in [0.05, 0.1) is 52.7 Å². The van der Waals surface area contributed by atoms with E-state index in [1.807, 2.05) is 0 Å². The van der Waals surface area contributed by atoms with E-state index in [2.05, 4.69) is 6.92 Å². The molecule has 0 aliphatic rings. The predicted molar refractivity (Wildman–Crippen MR) is 117 cm³/mol. The Bertz CT molecular complexity index is 388. The molecule has 0 aromatic carbocycles. The molecule has 0 radical (unpaired) electrons. The summed E-state index contributed by atoms with van der Waals surface area (Å²) in [4.78, 5) is 22.7. The number of rotatable bonds is 23. The van der Waals surface area contributed by atoms with Crippen LogP contribution < -0.4 is 0 Å². The summed E-state index contributed by atoms with van der Waals surface area (Å²) in [5, 5.41) is 0. The van der Waals surface area contributed by atoms with Gasteiger partial charge in [0, 0.05) is 6.42 Å². The Morgan fingerprint density at radius 2 is 0.967 bits per heavy atom. The molecule has 0 atom stereocenters. The van der Waals surface area contributed by atoms with E-state index in [0.717, 1.165) is 12.8 Å². The second kappa shape index (κ2) is 24.1. The first-order chi connectivity index (χ1) is 14.7. The molecule has 0 amide bonds. The lowest BCUT2D eigenvalue weighted by atomic mass is 10.1. The van der Waals surface area contributed by atoms with Gasteiger partial charge in [0.25, 0.3) is 0 Å². The third-order valence-corrected chi connectivity index (χ3v) is 4.48. The lowest BCUT2D eigenvalue weighted by Gasteiger charge is -2.08. The number of unbranched alkanes of at least 4 members (excludes halogenated alkanes) is 8. The maximum atomic E-state index is 11.6. The molecular formula is C23H44O7. The smallest absolute Gasteiger partial charge is 0.308 e. The number of hydrogen-bond acceptors (Lipinski definition) is 7. The van der Waals surface area contributed by atoms with Crippen molar-refractivity contribution in [1.29, 1.82) is 0 Å². The van der Waals surface area contributed by atoms with Crippen molar-refractivity contribution in [1.82, 2.24) is 0 Å². The summed E-state index contributed by atoms with van der Waals surface area (Å²) in [5.41, 5.74) is 0. The van der Waals surface area contributed by atoms with Gasteiger partial charge < -0.3 is 23.7 Å². The molecule has 0 aliphatic heterocycles. The van der Waals surface area contributed by atoms with Crippen LogP contribution >= 0.6 is 0 Å². The Labute approximate surface area is 183 Å². The van der Waals surface area contributed by atoms with Gasteiger partial charge in [-0.3, -0.25) is 9.59 Å². The molecule has 0 fully saturated rings. The fraction of sp³-hybridized carbons (Fsp3) is 0.913. The largest absolute Gasteiger partial charge is 0.466 e. The van der Waals surface area contributed by atoms with Crippen molar-refractivity contribution < 1.29 is 33.3 Å². The second-order valence-corrected chi connectivity index (χ2v) is 7.19. The minimum Gasteiger partial charge on any atom is -0.466 e. The third kappa shape index (κ3) is 23.1. The van der Waals surface area contributed by atoms with Crippen molar-refractivity contribution in [2.24, 2.45) is 0 Å². The van der Waals surface area contributed by atoms with Crippen LogP contribution in [0, 0.1) is 0 Å². The maximum absolute atomic E-state index is 11.6. The van der Waals surface area contributed by atoms with Gasteiger partial charge >= 0.3 is 11.9 Å². The highest BCUT2D eigenvalue weighted by Crippen LogP contribution is 2.10. The van der Waals surface area contributed by atoms with E-state index in [1.54, 1.807) is 6.92 Å². The van der Waals surface area contributed by atoms with E-state index in [0.29, 0.717) is 52.7 Å². The summed E-state index contributed by atoms with van der Waals surface area (Å²) in [6, 6.07) is 0. The molecule has 0 spiro atoms. The fourth-order valence-corrected chi connectivity index (χ4v) is 2.80. The summed E-state index contributed by atoms with van der Waals surface area (Å²) < 4.78 is 25.9. The SMILES string of the molecule is CCCCCCCCCCCC(=O)OCCOCCOCCOCCC(=O)OCC. The lowest BCUT2D eigenvalue weighted by Crippen LogP contribution is -2.14. The van der Waals surface area contributed by atoms with E-state index < -0.39 is 0 Å². The topological polar surface area (TPSA) is 80.3 Å². The highest BCUT2D eigenvalue weighted by atomic mass is 16.6. The highest BCUT2D eigenvalue weighted by molar-refractivity contribution is 5.69. The molecule has 0 rings (SSSR count). The van der Waals surface area contributed by atoms with Crippen LogP contribution in [-0.4, -0.2) is 64.8 Å². The first-order valence-corrected chi connectivity index (χ1v) is 11.7. The number of carbonyl (C=O) groups excluding carboxylic acids is 2. The first-order valence-electron chi connectivity index (χ1n) is 11.7. The monoisotopic (exact) mass is 432 g/mol. The highest BCUT2D eigenvalue weighted by Gasteiger charge is 2.03. The summed E-state index contributed by atoms with van der Waals surface area (Å²) in [7, 11) is 0. The van der Waals surface area contributed by atoms with E-state index in [4.69, 9.17) is 23.7 Å². The van der Waals surface area contributed by atoms with Crippen molar-refractivity contribution in [3.05, 3.63) is 0 Å². The molecule has 7 heteroatoms. The van der Waals surface area contributed by atoms with Gasteiger partial charge in [0.2, 0.25) is 0 Å². The molecule has 0 aliphatic carbocycles. The number of esters is 2. The standard InChI is InChI=1S/C23H44O7/c1-3-5-6-7-8-9-10-11-12-13-22(24)30-21-20-28-19-18-27-17-16-26-15-14-23(25)29-4-2/h3-21H2,1-2H3. The van der Waals surface area contributed by atoms with Crippen LogP contribution in [0.5, 0.6) is 0 Å². The second-order valence-electron chi connectivity index (χ2n) is 7.19. The van der Waals surface area contributed by atoms with E-state index in [-0.39, 0.29) is 25.0 Å². The van der Waals surface area contributed by atoms with Gasteiger partial charge in [0.1, 0.15) is 6.61 Å². The van der Waals surface area contributed by atoms with Gasteiger partial charge in [-0.05, 0) is 13.3 Å². The normalized spacial score (nSPS) is 10.9. The zero-order chi connectivity index (χ0) is 22.1. The minimum absolute atomic E-state index is 0.141. The summed E-state index contributed by atoms with van der Waals surface area (Å²) in [6.45, 7) is 7.16. The first kappa shape index (κ1) is 28.8. The van der Waals surface area contributed by atoms with Crippen LogP contribution in [0.15, 0.2) is 0 Å². The van der Waals surface area contributed by atoms with Gasteiger partial charge in [-0.15, -0.1) is 0 Å². The van der Waals surface area contributed by atoms with Crippen molar-refractivity contribution in [2.75, 3.05) is 52.9 Å². The molecule has 0 unspecified atom stereocenters. The summed E-state index contributed by atoms with van der Waals surface area (Å²) in [6.07, 6.45) is 11.9. The maximum Gasteiger partial charge on any atom is 0.308 e. The molecule has 0 bridgehead atoms. The van der Waals surface area contributed by atoms with Gasteiger partial charge in [0.15, 0.2) is 0 Å². The lowest BCUT2D eigenvalue weighted by molar-refractivity contribution is -0.146. The Kier molecular flexibility index (Phi) is 23.1. The molecule has 0 N–H and O–H groups in total. The predicted octanol–water partition coefficient (Wildman–Crippen LogP) is 4.45.